The Morgan fingerprint density at radius 1 is 1.50 bits per heavy atom. The molecule has 1 aliphatic rings. The fourth-order valence-electron chi connectivity index (χ4n) is 1.69. The van der Waals surface area contributed by atoms with Crippen LogP contribution in [0.5, 0.6) is 0 Å². The van der Waals surface area contributed by atoms with E-state index in [1.54, 1.807) is 0 Å². The van der Waals surface area contributed by atoms with Crippen LogP contribution >= 0.6 is 15.9 Å². The third-order valence-corrected chi connectivity index (χ3v) is 3.26. The highest BCUT2D eigenvalue weighted by Gasteiger charge is 2.14. The molecule has 1 aliphatic heterocycles. The Morgan fingerprint density at radius 3 is 2.71 bits per heavy atom. The van der Waals surface area contributed by atoms with Crippen molar-refractivity contribution in [2.45, 2.75) is 19.8 Å². The molecule has 0 aromatic rings. The summed E-state index contributed by atoms with van der Waals surface area (Å²) >= 11 is 3.12. The van der Waals surface area contributed by atoms with E-state index >= 15 is 0 Å². The number of piperidine rings is 1. The molecule has 0 aromatic heterocycles. The lowest BCUT2D eigenvalue weighted by Gasteiger charge is -2.30. The van der Waals surface area contributed by atoms with Crippen LogP contribution in [0.15, 0.2) is 0 Å². The summed E-state index contributed by atoms with van der Waals surface area (Å²) < 4.78 is 0. The number of rotatable bonds is 4. The molecule has 0 radical (unpaired) electrons. The summed E-state index contributed by atoms with van der Waals surface area (Å²) in [7, 11) is 0. The van der Waals surface area contributed by atoms with Gasteiger partial charge in [0, 0.05) is 13.1 Å². The summed E-state index contributed by atoms with van der Waals surface area (Å²) in [5.41, 5.74) is 0. The number of likely N-dealkylation sites (tertiary alicyclic amines) is 1. The maximum absolute atomic E-state index is 10.9. The Morgan fingerprint density at radius 2 is 2.14 bits per heavy atom. The average molecular weight is 263 g/mol. The second-order valence-electron chi connectivity index (χ2n) is 4.01. The summed E-state index contributed by atoms with van der Waals surface area (Å²) in [4.78, 5) is 13.4. The van der Waals surface area contributed by atoms with Crippen LogP contribution in [0.2, 0.25) is 0 Å². The second-order valence-corrected chi connectivity index (χ2v) is 4.57. The van der Waals surface area contributed by atoms with Crippen molar-refractivity contribution >= 4 is 21.8 Å². The van der Waals surface area contributed by atoms with Gasteiger partial charge >= 0.3 is 0 Å². The zero-order chi connectivity index (χ0) is 10.4. The molecular formula is C10H19BrN2O. The van der Waals surface area contributed by atoms with Crippen LogP contribution in [0.25, 0.3) is 0 Å². The van der Waals surface area contributed by atoms with Crippen LogP contribution in [0, 0.1) is 5.92 Å². The second kappa shape index (κ2) is 6.40. The van der Waals surface area contributed by atoms with Crippen molar-refractivity contribution in [3.63, 3.8) is 0 Å². The molecule has 0 unspecified atom stereocenters. The average Bonchev–Trinajstić information content (AvgIpc) is 2.21. The van der Waals surface area contributed by atoms with Crippen molar-refractivity contribution in [1.29, 1.82) is 0 Å². The van der Waals surface area contributed by atoms with Crippen molar-refractivity contribution in [3.8, 4) is 0 Å². The minimum absolute atomic E-state index is 0.0791. The summed E-state index contributed by atoms with van der Waals surface area (Å²) in [5.74, 6) is 0.957. The maximum atomic E-state index is 10.9. The van der Waals surface area contributed by atoms with Gasteiger partial charge in [0.15, 0.2) is 0 Å². The van der Waals surface area contributed by atoms with Gasteiger partial charge < -0.3 is 10.2 Å². The first-order chi connectivity index (χ1) is 6.72. The first-order valence-corrected chi connectivity index (χ1v) is 6.39. The summed E-state index contributed by atoms with van der Waals surface area (Å²) in [5, 5.41) is 3.27. The van der Waals surface area contributed by atoms with Gasteiger partial charge in [-0.05, 0) is 31.8 Å². The number of carbonyl (C=O) groups is 1. The highest BCUT2D eigenvalue weighted by Crippen LogP contribution is 2.14. The molecule has 0 spiro atoms. The molecule has 0 aromatic carbocycles. The Kier molecular flexibility index (Phi) is 5.48. The van der Waals surface area contributed by atoms with Gasteiger partial charge in [-0.1, -0.05) is 22.9 Å². The molecule has 1 N–H and O–H groups in total. The molecular weight excluding hydrogens is 244 g/mol. The third-order valence-electron chi connectivity index (χ3n) is 2.75. The van der Waals surface area contributed by atoms with Crippen LogP contribution < -0.4 is 5.32 Å². The minimum atomic E-state index is 0.0791. The number of amides is 1. The van der Waals surface area contributed by atoms with E-state index in [-0.39, 0.29) is 5.91 Å². The third kappa shape index (κ3) is 4.42. The van der Waals surface area contributed by atoms with Crippen LogP contribution in [0.4, 0.5) is 0 Å². The summed E-state index contributed by atoms with van der Waals surface area (Å²) in [6, 6.07) is 0. The molecule has 14 heavy (non-hydrogen) atoms. The zero-order valence-electron chi connectivity index (χ0n) is 8.76. The Hall–Kier alpha value is -0.0900. The lowest BCUT2D eigenvalue weighted by molar-refractivity contribution is -0.118. The van der Waals surface area contributed by atoms with Gasteiger partial charge in [-0.15, -0.1) is 0 Å². The van der Waals surface area contributed by atoms with Crippen LogP contribution in [0.3, 0.4) is 0 Å². The van der Waals surface area contributed by atoms with Crippen LogP contribution in [-0.2, 0) is 4.79 Å². The molecule has 0 saturated carbocycles. The van der Waals surface area contributed by atoms with Crippen LogP contribution in [0.1, 0.15) is 19.8 Å². The Bertz CT molecular complexity index is 179. The van der Waals surface area contributed by atoms with E-state index in [0.717, 1.165) is 19.0 Å². The molecule has 82 valence electrons. The predicted octanol–water partition coefficient (Wildman–Crippen LogP) is 1.23. The number of carbonyl (C=O) groups excluding carboxylic acids is 1. The highest BCUT2D eigenvalue weighted by molar-refractivity contribution is 9.09. The monoisotopic (exact) mass is 262 g/mol. The fraction of sp³-hybridized carbons (Fsp3) is 0.900. The lowest BCUT2D eigenvalue weighted by atomic mass is 9.99. The van der Waals surface area contributed by atoms with Crippen molar-refractivity contribution in [2.75, 3.05) is 31.5 Å². The van der Waals surface area contributed by atoms with E-state index in [2.05, 4.69) is 33.1 Å². The smallest absolute Gasteiger partial charge is 0.230 e. The minimum Gasteiger partial charge on any atom is -0.354 e. The van der Waals surface area contributed by atoms with Gasteiger partial charge in [0.05, 0.1) is 5.33 Å². The van der Waals surface area contributed by atoms with E-state index in [4.69, 9.17) is 0 Å². The van der Waals surface area contributed by atoms with Gasteiger partial charge in [0.25, 0.3) is 0 Å². The normalized spacial score (nSPS) is 19.6. The van der Waals surface area contributed by atoms with Crippen molar-refractivity contribution in [2.24, 2.45) is 5.92 Å². The zero-order valence-corrected chi connectivity index (χ0v) is 10.3. The topological polar surface area (TPSA) is 32.3 Å². The fourth-order valence-corrected chi connectivity index (χ4v) is 1.88. The number of alkyl halides is 1. The van der Waals surface area contributed by atoms with Gasteiger partial charge in [0.2, 0.25) is 5.91 Å². The molecule has 1 amide bonds. The van der Waals surface area contributed by atoms with Gasteiger partial charge in [-0.2, -0.15) is 0 Å². The van der Waals surface area contributed by atoms with Gasteiger partial charge in [-0.3, -0.25) is 4.79 Å². The van der Waals surface area contributed by atoms with Gasteiger partial charge in [-0.25, -0.2) is 0 Å². The summed E-state index contributed by atoms with van der Waals surface area (Å²) in [6.45, 7) is 6.45. The Labute approximate surface area is 94.4 Å². The number of nitrogens with one attached hydrogen (secondary N) is 1. The standard InChI is InChI=1S/C10H19BrN2O/c1-9-2-5-13(6-3-9)7-4-12-10(14)8-11/h9H,2-8H2,1H3,(H,12,14). The first kappa shape index (κ1) is 12.0. The van der Waals surface area contributed by atoms with E-state index in [0.29, 0.717) is 5.33 Å². The number of hydrogen-bond acceptors (Lipinski definition) is 2. The van der Waals surface area contributed by atoms with Crippen molar-refractivity contribution in [3.05, 3.63) is 0 Å². The molecule has 1 rings (SSSR count). The SMILES string of the molecule is CC1CCN(CCNC(=O)CBr)CC1. The molecule has 1 heterocycles. The molecule has 0 atom stereocenters. The Balaban J connectivity index is 2.04. The van der Waals surface area contributed by atoms with E-state index in [9.17, 15) is 4.79 Å². The molecule has 0 aliphatic carbocycles. The maximum Gasteiger partial charge on any atom is 0.230 e. The van der Waals surface area contributed by atoms with Gasteiger partial charge in [0.1, 0.15) is 0 Å². The van der Waals surface area contributed by atoms with E-state index < -0.39 is 0 Å². The molecule has 4 heteroatoms. The van der Waals surface area contributed by atoms with E-state index in [1.807, 2.05) is 0 Å². The number of nitrogens with zero attached hydrogens (tertiary/aromatic N) is 1. The highest BCUT2D eigenvalue weighted by atomic mass is 79.9. The quantitative estimate of drug-likeness (QED) is 0.774. The molecule has 0 bridgehead atoms. The van der Waals surface area contributed by atoms with E-state index in [1.165, 1.54) is 25.9 Å². The number of hydrogen-bond donors (Lipinski definition) is 1. The lowest BCUT2D eigenvalue weighted by Crippen LogP contribution is -2.39. The predicted molar refractivity (Wildman–Crippen MR) is 61.6 cm³/mol. The molecule has 1 fully saturated rings. The van der Waals surface area contributed by atoms with Crippen molar-refractivity contribution in [1.82, 2.24) is 10.2 Å². The number of halogens is 1. The largest absolute Gasteiger partial charge is 0.354 e. The van der Waals surface area contributed by atoms with Crippen LogP contribution in [-0.4, -0.2) is 42.3 Å². The molecule has 1 saturated heterocycles. The first-order valence-electron chi connectivity index (χ1n) is 5.27. The molecule has 3 nitrogen and oxygen atoms in total. The van der Waals surface area contributed by atoms with Crippen molar-refractivity contribution < 1.29 is 4.79 Å². The summed E-state index contributed by atoms with van der Waals surface area (Å²) in [6.07, 6.45) is 2.60.